The molecule has 0 spiro atoms. The molecule has 0 amide bonds. The van der Waals surface area contributed by atoms with Crippen LogP contribution in [0.5, 0.6) is 0 Å². The van der Waals surface area contributed by atoms with Crippen LogP contribution in [0, 0.1) is 0 Å². The topological polar surface area (TPSA) is 72.8 Å². The average Bonchev–Trinajstić information content (AvgIpc) is 2.76. The molecule has 5 nitrogen and oxygen atoms in total. The fourth-order valence-electron chi connectivity index (χ4n) is 3.31. The zero-order chi connectivity index (χ0) is 23.6. The SMILES string of the molecule is CCCCCCCCCCCCCCCCCCOS(=O)(=O)C(O)CC.CCOCC.[H-].[Na+]. The molecule has 0 aliphatic rings. The molecule has 0 saturated heterocycles. The first-order valence-corrected chi connectivity index (χ1v) is 14.6. The second-order valence-corrected chi connectivity index (χ2v) is 10.0. The molecule has 0 radical (unpaired) electrons. The molecule has 0 aliphatic heterocycles. The summed E-state index contributed by atoms with van der Waals surface area (Å²) >= 11 is 0. The van der Waals surface area contributed by atoms with E-state index in [1.807, 2.05) is 13.8 Å². The zero-order valence-electron chi connectivity index (χ0n) is 23.2. The zero-order valence-corrected chi connectivity index (χ0v) is 25.0. The van der Waals surface area contributed by atoms with Crippen molar-refractivity contribution in [2.75, 3.05) is 19.8 Å². The number of hydrogen-bond acceptors (Lipinski definition) is 5. The van der Waals surface area contributed by atoms with Crippen LogP contribution >= 0.6 is 0 Å². The van der Waals surface area contributed by atoms with Crippen LogP contribution in [0.4, 0.5) is 0 Å². The van der Waals surface area contributed by atoms with Crippen LogP contribution in [0.2, 0.25) is 0 Å². The summed E-state index contributed by atoms with van der Waals surface area (Å²) in [5.41, 5.74) is -1.39. The summed E-state index contributed by atoms with van der Waals surface area (Å²) in [6.45, 7) is 9.75. The Bertz CT molecular complexity index is 437. The quantitative estimate of drug-likeness (QED) is 0.138. The van der Waals surface area contributed by atoms with E-state index in [0.29, 0.717) is 0 Å². The molecular weight excluding hydrogens is 435 g/mol. The van der Waals surface area contributed by atoms with E-state index in [1.54, 1.807) is 6.92 Å². The van der Waals surface area contributed by atoms with Crippen molar-refractivity contribution in [1.29, 1.82) is 0 Å². The Morgan fingerprint density at radius 1 is 0.656 bits per heavy atom. The van der Waals surface area contributed by atoms with E-state index in [0.717, 1.165) is 32.5 Å². The van der Waals surface area contributed by atoms with Crippen LogP contribution in [-0.4, -0.2) is 38.8 Å². The van der Waals surface area contributed by atoms with E-state index in [9.17, 15) is 13.5 Å². The van der Waals surface area contributed by atoms with E-state index >= 15 is 0 Å². The molecule has 1 atom stereocenters. The fourth-order valence-corrected chi connectivity index (χ4v) is 4.23. The molecular formula is C25H55NaO5S. The van der Waals surface area contributed by atoms with Crippen molar-refractivity contribution in [2.45, 2.75) is 142 Å². The maximum atomic E-state index is 11.4. The number of unbranched alkanes of at least 4 members (excludes halogenated alkanes) is 15. The predicted octanol–water partition coefficient (Wildman–Crippen LogP) is 4.48. The van der Waals surface area contributed by atoms with Gasteiger partial charge in [0.1, 0.15) is 0 Å². The van der Waals surface area contributed by atoms with Crippen molar-refractivity contribution >= 4 is 10.1 Å². The molecule has 192 valence electrons. The van der Waals surface area contributed by atoms with Crippen LogP contribution in [-0.2, 0) is 19.0 Å². The summed E-state index contributed by atoms with van der Waals surface area (Å²) < 4.78 is 32.6. The van der Waals surface area contributed by atoms with Gasteiger partial charge in [0, 0.05) is 13.2 Å². The maximum Gasteiger partial charge on any atom is 1.00 e. The summed E-state index contributed by atoms with van der Waals surface area (Å²) in [7, 11) is -3.78. The van der Waals surface area contributed by atoms with Crippen molar-refractivity contribution in [1.82, 2.24) is 0 Å². The Labute approximate surface area is 224 Å². The van der Waals surface area contributed by atoms with Crippen molar-refractivity contribution < 1.29 is 53.4 Å². The van der Waals surface area contributed by atoms with E-state index in [1.165, 1.54) is 83.5 Å². The molecule has 0 saturated carbocycles. The van der Waals surface area contributed by atoms with Crippen molar-refractivity contribution in [2.24, 2.45) is 0 Å². The Balaban J connectivity index is -0.000000539. The molecule has 0 aliphatic carbocycles. The molecule has 0 bridgehead atoms. The third-order valence-electron chi connectivity index (χ3n) is 5.34. The first kappa shape index (κ1) is 37.4. The largest absolute Gasteiger partial charge is 1.00 e. The molecule has 32 heavy (non-hydrogen) atoms. The summed E-state index contributed by atoms with van der Waals surface area (Å²) in [5, 5.41) is 9.31. The number of rotatable bonds is 22. The summed E-state index contributed by atoms with van der Waals surface area (Å²) in [5.74, 6) is 0. The molecule has 0 aromatic heterocycles. The van der Waals surface area contributed by atoms with E-state index in [4.69, 9.17) is 8.92 Å². The summed E-state index contributed by atoms with van der Waals surface area (Å²) in [6.07, 6.45) is 20.8. The van der Waals surface area contributed by atoms with Gasteiger partial charge in [-0.3, -0.25) is 4.18 Å². The van der Waals surface area contributed by atoms with E-state index < -0.39 is 15.6 Å². The van der Waals surface area contributed by atoms with Crippen molar-refractivity contribution in [3.8, 4) is 0 Å². The van der Waals surface area contributed by atoms with Gasteiger partial charge in [-0.05, 0) is 26.7 Å². The smallest absolute Gasteiger partial charge is 1.00 e. The van der Waals surface area contributed by atoms with Crippen LogP contribution < -0.4 is 29.6 Å². The Morgan fingerprint density at radius 2 is 1.00 bits per heavy atom. The van der Waals surface area contributed by atoms with Gasteiger partial charge in [0.25, 0.3) is 10.1 Å². The third kappa shape index (κ3) is 28.9. The Morgan fingerprint density at radius 3 is 1.28 bits per heavy atom. The fraction of sp³-hybridized carbons (Fsp3) is 1.00. The molecule has 0 aromatic carbocycles. The molecule has 7 heteroatoms. The van der Waals surface area contributed by atoms with Gasteiger partial charge >= 0.3 is 29.6 Å². The molecule has 0 rings (SSSR count). The van der Waals surface area contributed by atoms with Gasteiger partial charge in [0.05, 0.1) is 6.61 Å². The number of hydrogen-bond donors (Lipinski definition) is 1. The minimum atomic E-state index is -3.78. The average molecular weight is 491 g/mol. The minimum absolute atomic E-state index is 0. The number of ether oxygens (including phenoxy) is 1. The molecule has 1 unspecified atom stereocenters. The van der Waals surface area contributed by atoms with Crippen LogP contribution in [0.25, 0.3) is 0 Å². The number of aliphatic hydroxyl groups excluding tert-OH is 1. The van der Waals surface area contributed by atoms with Gasteiger partial charge in [-0.2, -0.15) is 8.42 Å². The Hall–Kier alpha value is 0.830. The maximum absolute atomic E-state index is 11.4. The van der Waals surface area contributed by atoms with Gasteiger partial charge in [-0.25, -0.2) is 0 Å². The Kier molecular flexibility index (Phi) is 34.9. The van der Waals surface area contributed by atoms with Crippen molar-refractivity contribution in [3.63, 3.8) is 0 Å². The van der Waals surface area contributed by atoms with Gasteiger partial charge in [-0.15, -0.1) is 0 Å². The molecule has 1 N–H and O–H groups in total. The third-order valence-corrected chi connectivity index (χ3v) is 6.83. The summed E-state index contributed by atoms with van der Waals surface area (Å²) in [6, 6.07) is 0. The second kappa shape index (κ2) is 29.9. The molecule has 0 aromatic rings. The van der Waals surface area contributed by atoms with Gasteiger partial charge in [-0.1, -0.05) is 110 Å². The van der Waals surface area contributed by atoms with E-state index in [2.05, 4.69) is 6.92 Å². The van der Waals surface area contributed by atoms with Crippen LogP contribution in [0.1, 0.15) is 138 Å². The molecule has 0 fully saturated rings. The van der Waals surface area contributed by atoms with Gasteiger partial charge in [0.15, 0.2) is 5.44 Å². The normalized spacial score (nSPS) is 12.0. The summed E-state index contributed by atoms with van der Waals surface area (Å²) in [4.78, 5) is 0. The van der Waals surface area contributed by atoms with E-state index in [-0.39, 0.29) is 44.0 Å². The number of aliphatic hydroxyl groups is 1. The predicted molar refractivity (Wildman–Crippen MR) is 134 cm³/mol. The second-order valence-electron chi connectivity index (χ2n) is 8.26. The standard InChI is InChI=1S/C21H44O4S.C4H10O.Na.H/c1-3-5-6-7-8-9-10-11-12-13-14-15-16-17-18-19-20-25-26(23,24)21(22)4-2;1-3-5-4-2;;/h21-22H,3-20H2,1-2H3;3-4H2,1-2H3;;/q;;+1;-1. The van der Waals surface area contributed by atoms with Gasteiger partial charge in [0.2, 0.25) is 0 Å². The van der Waals surface area contributed by atoms with Crippen molar-refractivity contribution in [3.05, 3.63) is 0 Å². The van der Waals surface area contributed by atoms with Gasteiger partial charge < -0.3 is 11.3 Å². The molecule has 0 heterocycles. The first-order chi connectivity index (χ1) is 15.0. The van der Waals surface area contributed by atoms with Crippen LogP contribution in [0.3, 0.4) is 0 Å². The monoisotopic (exact) mass is 490 g/mol. The van der Waals surface area contributed by atoms with Crippen LogP contribution in [0.15, 0.2) is 0 Å². The first-order valence-electron chi connectivity index (χ1n) is 13.1. The minimum Gasteiger partial charge on any atom is -1.00 e.